The molecule has 0 spiro atoms. The maximum absolute atomic E-state index is 12.7. The second-order valence-electron chi connectivity index (χ2n) is 4.76. The van der Waals surface area contributed by atoms with Crippen LogP contribution in [0.5, 0.6) is 0 Å². The lowest BCUT2D eigenvalue weighted by molar-refractivity contribution is 0.141. The molecule has 1 unspecified atom stereocenters. The molecular weight excluding hydrogens is 264 g/mol. The summed E-state index contributed by atoms with van der Waals surface area (Å²) in [5, 5.41) is 6.67. The van der Waals surface area contributed by atoms with Gasteiger partial charge in [0.05, 0.1) is 6.04 Å². The molecule has 18 heavy (non-hydrogen) atoms. The molecular formula is C10H17F2N3O2S. The molecule has 1 heterocycles. The minimum Gasteiger partial charge on any atom is -0.222 e. The molecule has 0 aliphatic heterocycles. The monoisotopic (exact) mass is 281 g/mol. The fraction of sp³-hybridized carbons (Fsp3) is 0.800. The summed E-state index contributed by atoms with van der Waals surface area (Å²) in [6, 6.07) is -0.224. The van der Waals surface area contributed by atoms with E-state index in [-0.39, 0.29) is 6.04 Å². The zero-order valence-electron chi connectivity index (χ0n) is 10.8. The van der Waals surface area contributed by atoms with E-state index in [2.05, 4.69) is 10.2 Å². The molecule has 8 heteroatoms. The first-order valence-electron chi connectivity index (χ1n) is 5.57. The van der Waals surface area contributed by atoms with E-state index in [4.69, 9.17) is 0 Å². The second-order valence-corrected chi connectivity index (χ2v) is 6.69. The first kappa shape index (κ1) is 15.0. The maximum Gasteiger partial charge on any atom is 0.285 e. The van der Waals surface area contributed by atoms with Gasteiger partial charge in [0.25, 0.3) is 6.43 Å². The van der Waals surface area contributed by atoms with Gasteiger partial charge in [0, 0.05) is 6.26 Å². The van der Waals surface area contributed by atoms with Crippen LogP contribution in [0.1, 0.15) is 45.4 Å². The van der Waals surface area contributed by atoms with Gasteiger partial charge in [-0.1, -0.05) is 13.8 Å². The fourth-order valence-electron chi connectivity index (χ4n) is 1.69. The molecule has 0 aliphatic rings. The number of nitrogens with zero attached hydrogens (tertiary/aromatic N) is 3. The molecule has 0 amide bonds. The summed E-state index contributed by atoms with van der Waals surface area (Å²) in [7, 11) is -3.79. The predicted octanol–water partition coefficient (Wildman–Crippen LogP) is 2.23. The molecule has 0 N–H and O–H groups in total. The van der Waals surface area contributed by atoms with E-state index in [1.807, 2.05) is 13.8 Å². The number of sulfone groups is 1. The average molecular weight is 281 g/mol. The molecule has 0 saturated carbocycles. The summed E-state index contributed by atoms with van der Waals surface area (Å²) in [5.41, 5.74) is -0.770. The van der Waals surface area contributed by atoms with Gasteiger partial charge in [0.1, 0.15) is 0 Å². The van der Waals surface area contributed by atoms with Gasteiger partial charge in [0.2, 0.25) is 5.03 Å². The van der Waals surface area contributed by atoms with E-state index in [9.17, 15) is 17.2 Å². The molecule has 1 aromatic rings. The Balaban J connectivity index is 3.18. The van der Waals surface area contributed by atoms with Crippen molar-refractivity contribution in [3.8, 4) is 0 Å². The average Bonchev–Trinajstić information content (AvgIpc) is 2.59. The van der Waals surface area contributed by atoms with E-state index in [1.54, 1.807) is 6.92 Å². The number of aromatic nitrogens is 3. The van der Waals surface area contributed by atoms with Crippen molar-refractivity contribution in [1.82, 2.24) is 15.0 Å². The SMILES string of the molecule is CC(C)CC(C)n1nc(C(F)F)c(S(C)(=O)=O)n1. The summed E-state index contributed by atoms with van der Waals surface area (Å²) in [6.07, 6.45) is -1.42. The third-order valence-electron chi connectivity index (χ3n) is 2.39. The highest BCUT2D eigenvalue weighted by molar-refractivity contribution is 7.90. The standard InChI is InChI=1S/C10H17F2N3O2S/c1-6(2)5-7(3)15-13-8(9(11)12)10(14-15)18(4,16)17/h6-7,9H,5H2,1-4H3. The van der Waals surface area contributed by atoms with Gasteiger partial charge >= 0.3 is 0 Å². The summed E-state index contributed by atoms with van der Waals surface area (Å²) in [4.78, 5) is 1.07. The Morgan fingerprint density at radius 2 is 1.78 bits per heavy atom. The molecule has 1 atom stereocenters. The van der Waals surface area contributed by atoms with E-state index in [1.165, 1.54) is 0 Å². The van der Waals surface area contributed by atoms with E-state index in [0.29, 0.717) is 12.3 Å². The quantitative estimate of drug-likeness (QED) is 0.830. The van der Waals surface area contributed by atoms with Crippen LogP contribution < -0.4 is 0 Å². The lowest BCUT2D eigenvalue weighted by Crippen LogP contribution is -2.12. The topological polar surface area (TPSA) is 64.8 Å². The zero-order chi connectivity index (χ0) is 14.1. The minimum atomic E-state index is -3.79. The van der Waals surface area contributed by atoms with Crippen molar-refractivity contribution in [1.29, 1.82) is 0 Å². The summed E-state index contributed by atoms with van der Waals surface area (Å²) < 4.78 is 48.2. The molecule has 0 aromatic carbocycles. The van der Waals surface area contributed by atoms with Crippen LogP contribution >= 0.6 is 0 Å². The normalized spacial score (nSPS) is 14.4. The number of alkyl halides is 2. The van der Waals surface area contributed by atoms with Crippen LogP contribution in [0.15, 0.2) is 5.03 Å². The molecule has 1 rings (SSSR count). The predicted molar refractivity (Wildman–Crippen MR) is 62.3 cm³/mol. The molecule has 0 bridgehead atoms. The van der Waals surface area contributed by atoms with Crippen molar-refractivity contribution in [3.63, 3.8) is 0 Å². The second kappa shape index (κ2) is 5.29. The Hall–Kier alpha value is -1.05. The third-order valence-corrected chi connectivity index (χ3v) is 3.38. The lowest BCUT2D eigenvalue weighted by atomic mass is 10.1. The minimum absolute atomic E-state index is 0.224. The number of hydrogen-bond donors (Lipinski definition) is 0. The molecule has 0 fully saturated rings. The van der Waals surface area contributed by atoms with Crippen molar-refractivity contribution in [3.05, 3.63) is 5.69 Å². The smallest absolute Gasteiger partial charge is 0.222 e. The van der Waals surface area contributed by atoms with E-state index < -0.39 is 27.0 Å². The van der Waals surface area contributed by atoms with E-state index >= 15 is 0 Å². The van der Waals surface area contributed by atoms with Gasteiger partial charge in [-0.05, 0) is 19.3 Å². The lowest BCUT2D eigenvalue weighted by Gasteiger charge is -2.12. The third kappa shape index (κ3) is 3.47. The van der Waals surface area contributed by atoms with Gasteiger partial charge < -0.3 is 0 Å². The Bertz CT molecular complexity index is 511. The molecule has 0 saturated heterocycles. The summed E-state index contributed by atoms with van der Waals surface area (Å²) >= 11 is 0. The number of halogens is 2. The van der Waals surface area contributed by atoms with Crippen LogP contribution in [0.4, 0.5) is 8.78 Å². The molecule has 104 valence electrons. The fourth-order valence-corrected chi connectivity index (χ4v) is 2.44. The van der Waals surface area contributed by atoms with Crippen LogP contribution in [-0.2, 0) is 9.84 Å². The first-order chi connectivity index (χ1) is 8.12. The Labute approximate surface area is 105 Å². The highest BCUT2D eigenvalue weighted by Gasteiger charge is 2.28. The largest absolute Gasteiger partial charge is 0.285 e. The highest BCUT2D eigenvalue weighted by atomic mass is 32.2. The van der Waals surface area contributed by atoms with Crippen molar-refractivity contribution >= 4 is 9.84 Å². The Kier molecular flexibility index (Phi) is 4.41. The van der Waals surface area contributed by atoms with Crippen LogP contribution in [0.3, 0.4) is 0 Å². The highest BCUT2D eigenvalue weighted by Crippen LogP contribution is 2.25. The zero-order valence-corrected chi connectivity index (χ0v) is 11.6. The molecule has 0 aliphatic carbocycles. The van der Waals surface area contributed by atoms with E-state index in [0.717, 1.165) is 11.1 Å². The van der Waals surface area contributed by atoms with Crippen molar-refractivity contribution in [2.75, 3.05) is 6.26 Å². The van der Waals surface area contributed by atoms with Crippen molar-refractivity contribution in [2.24, 2.45) is 5.92 Å². The van der Waals surface area contributed by atoms with Crippen molar-refractivity contribution in [2.45, 2.75) is 44.7 Å². The van der Waals surface area contributed by atoms with Gasteiger partial charge in [-0.15, -0.1) is 5.10 Å². The molecule has 0 radical (unpaired) electrons. The molecule has 5 nitrogen and oxygen atoms in total. The van der Waals surface area contributed by atoms with Crippen LogP contribution in [-0.4, -0.2) is 29.7 Å². The Morgan fingerprint density at radius 3 is 2.11 bits per heavy atom. The van der Waals surface area contributed by atoms with Gasteiger partial charge in [-0.2, -0.15) is 9.90 Å². The van der Waals surface area contributed by atoms with Crippen LogP contribution in [0.25, 0.3) is 0 Å². The van der Waals surface area contributed by atoms with Crippen LogP contribution in [0, 0.1) is 5.92 Å². The first-order valence-corrected chi connectivity index (χ1v) is 7.47. The van der Waals surface area contributed by atoms with Crippen LogP contribution in [0.2, 0.25) is 0 Å². The van der Waals surface area contributed by atoms with Gasteiger partial charge in [-0.25, -0.2) is 17.2 Å². The summed E-state index contributed by atoms with van der Waals surface area (Å²) in [5.74, 6) is 0.336. The Morgan fingerprint density at radius 1 is 1.22 bits per heavy atom. The maximum atomic E-state index is 12.7. The molecule has 1 aromatic heterocycles. The number of rotatable bonds is 5. The van der Waals surface area contributed by atoms with Gasteiger partial charge in [0.15, 0.2) is 15.5 Å². The number of hydrogen-bond acceptors (Lipinski definition) is 4. The van der Waals surface area contributed by atoms with Gasteiger partial charge in [-0.3, -0.25) is 0 Å². The van der Waals surface area contributed by atoms with Crippen molar-refractivity contribution < 1.29 is 17.2 Å². The summed E-state index contributed by atoms with van der Waals surface area (Å²) in [6.45, 7) is 5.72.